The molecule has 0 aliphatic carbocycles. The Morgan fingerprint density at radius 2 is 1.73 bits per heavy atom. The summed E-state index contributed by atoms with van der Waals surface area (Å²) in [5.74, 6) is 0. The molecule has 3 aromatic rings. The molecule has 0 bridgehead atoms. The number of hydrogen-bond donors (Lipinski definition) is 0. The fraction of sp³-hybridized carbons (Fsp3) is 0.125. The Labute approximate surface area is 160 Å². The van der Waals surface area contributed by atoms with Crippen molar-refractivity contribution in [3.63, 3.8) is 0 Å². The summed E-state index contributed by atoms with van der Waals surface area (Å²) in [5, 5.41) is 2.45. The maximum Gasteiger partial charge on any atom is 3.00 e. The van der Waals surface area contributed by atoms with Crippen LogP contribution in [0.4, 0.5) is 0 Å². The van der Waals surface area contributed by atoms with Crippen LogP contribution >= 0.6 is 11.1 Å². The largest absolute Gasteiger partial charge is 3.00 e. The van der Waals surface area contributed by atoms with E-state index < -0.39 is 7.38 Å². The van der Waals surface area contributed by atoms with Gasteiger partial charge in [0.25, 0.3) is 0 Å². The first-order valence-electron chi connectivity index (χ1n) is 6.36. The van der Waals surface area contributed by atoms with E-state index in [1.165, 1.54) is 21.7 Å². The van der Waals surface area contributed by atoms with Crippen molar-refractivity contribution >= 4 is 34.6 Å². The Bertz CT molecular complexity index is 732. The van der Waals surface area contributed by atoms with Gasteiger partial charge >= 0.3 is 17.4 Å². The first-order chi connectivity index (χ1) is 9.05. The van der Waals surface area contributed by atoms with Crippen molar-refractivity contribution in [1.29, 1.82) is 0 Å². The minimum atomic E-state index is -1.76. The van der Waals surface area contributed by atoms with Crippen molar-refractivity contribution in [3.05, 3.63) is 54.7 Å². The monoisotopic (exact) mass is 406 g/mol. The van der Waals surface area contributed by atoms with E-state index in [9.17, 15) is 0 Å². The Kier molecular flexibility index (Phi) is 8.30. The average Bonchev–Trinajstić information content (AvgIpc) is 2.87. The molecule has 1 nitrogen and oxygen atoms in total. The van der Waals surface area contributed by atoms with E-state index in [2.05, 4.69) is 60.5 Å². The molecule has 0 saturated heterocycles. The zero-order valence-electron chi connectivity index (χ0n) is 12.2. The molecule has 3 rings (SSSR count). The van der Waals surface area contributed by atoms with E-state index in [4.69, 9.17) is 11.1 Å². The van der Waals surface area contributed by atoms with Gasteiger partial charge in [-0.05, 0) is 11.5 Å². The van der Waals surface area contributed by atoms with Crippen LogP contribution in [0.2, 0.25) is 13.1 Å². The summed E-state index contributed by atoms with van der Waals surface area (Å²) in [6.45, 7) is 4.30. The van der Waals surface area contributed by atoms with Crippen LogP contribution in [0.5, 0.6) is 0 Å². The van der Waals surface area contributed by atoms with Gasteiger partial charge < -0.3 is 24.8 Å². The van der Waals surface area contributed by atoms with E-state index in [0.717, 1.165) is 5.52 Å². The molecule has 1 heterocycles. The Morgan fingerprint density at radius 1 is 1.05 bits per heavy atom. The average molecular weight is 408 g/mol. The number of fused-ring (bicyclic) bond motifs is 1. The SMILES string of the molecule is C[Si](C)(Cl)c1cc[c-](-c2cccc3cccnc23)c1.[Cl-].[Cl-].[Cr+3]. The molecule has 0 fully saturated rings. The van der Waals surface area contributed by atoms with Crippen molar-refractivity contribution in [3.8, 4) is 11.1 Å². The van der Waals surface area contributed by atoms with Gasteiger partial charge in [-0.1, -0.05) is 42.4 Å². The topological polar surface area (TPSA) is 12.9 Å². The van der Waals surface area contributed by atoms with Gasteiger partial charge in [0, 0.05) is 11.7 Å². The van der Waals surface area contributed by atoms with Crippen LogP contribution in [-0.2, 0) is 17.4 Å². The zero-order chi connectivity index (χ0) is 13.5. The Morgan fingerprint density at radius 3 is 2.36 bits per heavy atom. The van der Waals surface area contributed by atoms with Crippen LogP contribution in [-0.4, -0.2) is 12.4 Å². The molecule has 1 radical (unpaired) electrons. The second kappa shape index (κ2) is 8.45. The number of pyridine rings is 1. The maximum absolute atomic E-state index is 6.50. The van der Waals surface area contributed by atoms with Gasteiger partial charge in [-0.25, -0.2) is 0 Å². The number of hydrogen-bond acceptors (Lipinski definition) is 1. The van der Waals surface area contributed by atoms with E-state index in [1.807, 2.05) is 12.3 Å². The summed E-state index contributed by atoms with van der Waals surface area (Å²) in [7, 11) is -1.76. The molecule has 115 valence electrons. The van der Waals surface area contributed by atoms with Crippen molar-refractivity contribution in [2.75, 3.05) is 0 Å². The normalized spacial score (nSPS) is 10.3. The summed E-state index contributed by atoms with van der Waals surface area (Å²) < 4.78 is 0. The third kappa shape index (κ3) is 4.32. The summed E-state index contributed by atoms with van der Waals surface area (Å²) in [6, 6.07) is 16.9. The smallest absolute Gasteiger partial charge is 1.00 e. The molecule has 1 aromatic heterocycles. The van der Waals surface area contributed by atoms with Crippen molar-refractivity contribution in [2.24, 2.45) is 0 Å². The fourth-order valence-corrected chi connectivity index (χ4v) is 3.65. The van der Waals surface area contributed by atoms with Gasteiger partial charge in [0.2, 0.25) is 0 Å². The van der Waals surface area contributed by atoms with E-state index in [-0.39, 0.29) is 42.2 Å². The molecular formula is C16H15Cl3CrNSi. The van der Waals surface area contributed by atoms with Crippen LogP contribution in [0.3, 0.4) is 0 Å². The number of benzene rings is 1. The molecule has 0 N–H and O–H groups in total. The minimum absolute atomic E-state index is 0. The van der Waals surface area contributed by atoms with Gasteiger partial charge in [0.1, 0.15) is 7.38 Å². The van der Waals surface area contributed by atoms with Crippen LogP contribution < -0.4 is 30.0 Å². The fourth-order valence-electron chi connectivity index (χ4n) is 2.32. The Balaban J connectivity index is 0.00000147. The minimum Gasteiger partial charge on any atom is -1.00 e. The zero-order valence-corrected chi connectivity index (χ0v) is 16.7. The van der Waals surface area contributed by atoms with Crippen LogP contribution in [0.15, 0.2) is 54.7 Å². The molecule has 0 atom stereocenters. The van der Waals surface area contributed by atoms with Gasteiger partial charge in [0.15, 0.2) is 0 Å². The van der Waals surface area contributed by atoms with Gasteiger partial charge in [-0.2, -0.15) is 11.1 Å². The predicted molar refractivity (Wildman–Crippen MR) is 85.7 cm³/mol. The van der Waals surface area contributed by atoms with E-state index in [0.29, 0.717) is 0 Å². The summed E-state index contributed by atoms with van der Waals surface area (Å²) >= 11 is 6.50. The number of rotatable bonds is 2. The van der Waals surface area contributed by atoms with Crippen LogP contribution in [0.1, 0.15) is 0 Å². The summed E-state index contributed by atoms with van der Waals surface area (Å²) in [5.41, 5.74) is 3.44. The quantitative estimate of drug-likeness (QED) is 0.280. The predicted octanol–water partition coefficient (Wildman–Crippen LogP) is -1.72. The second-order valence-corrected chi connectivity index (χ2v) is 11.6. The molecule has 0 aliphatic rings. The van der Waals surface area contributed by atoms with Gasteiger partial charge in [-0.3, -0.25) is 4.98 Å². The number of halogens is 3. The molecule has 6 heteroatoms. The van der Waals surface area contributed by atoms with Crippen molar-refractivity contribution < 1.29 is 42.2 Å². The maximum atomic E-state index is 6.50. The van der Waals surface area contributed by atoms with E-state index >= 15 is 0 Å². The Hall–Kier alpha value is -0.401. The molecule has 0 saturated carbocycles. The first kappa shape index (κ1) is 21.6. The van der Waals surface area contributed by atoms with Crippen LogP contribution in [0.25, 0.3) is 22.0 Å². The summed E-state index contributed by atoms with van der Waals surface area (Å²) in [6.07, 6.45) is 1.84. The molecule has 0 aliphatic heterocycles. The standard InChI is InChI=1S/C16H15ClNSi.2ClH.Cr/c1-19(2,17)14-9-8-13(11-14)15-7-3-5-12-6-4-10-18-16(12)15;;;/h3-11H,1-2H3;2*1H;/q-1;;;+3/p-2. The van der Waals surface area contributed by atoms with Crippen LogP contribution in [0, 0.1) is 0 Å². The number of nitrogens with zero attached hydrogens (tertiary/aromatic N) is 1. The van der Waals surface area contributed by atoms with Gasteiger partial charge in [-0.15, -0.1) is 29.5 Å². The third-order valence-electron chi connectivity index (χ3n) is 3.38. The molecule has 0 spiro atoms. The number of aromatic nitrogens is 1. The molecule has 2 aromatic carbocycles. The molecular weight excluding hydrogens is 393 g/mol. The number of para-hydroxylation sites is 1. The van der Waals surface area contributed by atoms with E-state index in [1.54, 1.807) is 0 Å². The molecule has 22 heavy (non-hydrogen) atoms. The van der Waals surface area contributed by atoms with Crippen molar-refractivity contribution in [1.82, 2.24) is 4.98 Å². The summed E-state index contributed by atoms with van der Waals surface area (Å²) in [4.78, 5) is 4.51. The third-order valence-corrected chi connectivity index (χ3v) is 5.72. The van der Waals surface area contributed by atoms with Gasteiger partial charge in [0.05, 0.1) is 0 Å². The molecule has 0 amide bonds. The second-order valence-electron chi connectivity index (χ2n) is 5.24. The van der Waals surface area contributed by atoms with Crippen molar-refractivity contribution in [2.45, 2.75) is 13.1 Å². The molecule has 0 unspecified atom stereocenters. The first-order valence-corrected chi connectivity index (χ1v) is 10.4.